The lowest BCUT2D eigenvalue weighted by molar-refractivity contribution is -0.143. The van der Waals surface area contributed by atoms with Gasteiger partial charge in [0.15, 0.2) is 0 Å². The zero-order valence-electron chi connectivity index (χ0n) is 19.8. The Balaban J connectivity index is 5.46. The number of nitrogens with one attached hydrogen (secondary N) is 3. The molecule has 32 heavy (non-hydrogen) atoms. The van der Waals surface area contributed by atoms with Gasteiger partial charge in [0.1, 0.15) is 18.1 Å². The summed E-state index contributed by atoms with van der Waals surface area (Å²) in [5, 5.41) is 17.3. The first-order chi connectivity index (χ1) is 15.0. The maximum Gasteiger partial charge on any atom is 0.326 e. The highest BCUT2D eigenvalue weighted by molar-refractivity contribution is 7.98. The summed E-state index contributed by atoms with van der Waals surface area (Å²) < 4.78 is 0. The summed E-state index contributed by atoms with van der Waals surface area (Å²) in [5.74, 6) is -2.48. The summed E-state index contributed by atoms with van der Waals surface area (Å²) in [6, 6.07) is -3.63. The third kappa shape index (κ3) is 11.1. The fourth-order valence-corrected chi connectivity index (χ4v) is 3.35. The van der Waals surface area contributed by atoms with E-state index in [1.165, 1.54) is 11.8 Å². The van der Waals surface area contributed by atoms with Crippen LogP contribution in [0, 0.1) is 11.8 Å². The van der Waals surface area contributed by atoms with E-state index in [0.29, 0.717) is 38.0 Å². The molecule has 0 aliphatic rings. The molecular formula is C21H41N5O5S. The van der Waals surface area contributed by atoms with Gasteiger partial charge in [-0.3, -0.25) is 14.4 Å². The van der Waals surface area contributed by atoms with Crippen molar-refractivity contribution < 1.29 is 24.3 Å². The third-order valence-corrected chi connectivity index (χ3v) is 5.72. The number of hydrogen-bond donors (Lipinski definition) is 6. The van der Waals surface area contributed by atoms with Crippen molar-refractivity contribution in [2.24, 2.45) is 23.3 Å². The second-order valence-electron chi connectivity index (χ2n) is 8.53. The van der Waals surface area contributed by atoms with Crippen LogP contribution in [0.2, 0.25) is 0 Å². The number of carboxylic acids is 1. The molecule has 0 aliphatic heterocycles. The highest BCUT2D eigenvalue weighted by Crippen LogP contribution is 2.08. The molecule has 4 unspecified atom stereocenters. The number of carboxylic acid groups (broad SMARTS) is 1. The van der Waals surface area contributed by atoms with Gasteiger partial charge in [-0.25, -0.2) is 4.79 Å². The fraction of sp³-hybridized carbons (Fsp3) is 0.810. The number of nitrogens with two attached hydrogens (primary N) is 2. The highest BCUT2D eigenvalue weighted by atomic mass is 32.2. The van der Waals surface area contributed by atoms with Gasteiger partial charge >= 0.3 is 5.97 Å². The lowest BCUT2D eigenvalue weighted by Gasteiger charge is -2.26. The largest absolute Gasteiger partial charge is 0.480 e. The van der Waals surface area contributed by atoms with Crippen LogP contribution in [0.5, 0.6) is 0 Å². The summed E-state index contributed by atoms with van der Waals surface area (Å²) >= 11 is 1.53. The molecule has 0 radical (unpaired) electrons. The second kappa shape index (κ2) is 15.9. The van der Waals surface area contributed by atoms with Crippen LogP contribution < -0.4 is 27.4 Å². The van der Waals surface area contributed by atoms with E-state index in [4.69, 9.17) is 11.5 Å². The molecule has 0 aromatic carbocycles. The molecule has 0 heterocycles. The van der Waals surface area contributed by atoms with Crippen LogP contribution in [0.15, 0.2) is 0 Å². The number of amides is 3. The van der Waals surface area contributed by atoms with Crippen molar-refractivity contribution in [1.82, 2.24) is 16.0 Å². The van der Waals surface area contributed by atoms with Crippen LogP contribution in [-0.2, 0) is 19.2 Å². The lowest BCUT2D eigenvalue weighted by atomic mass is 10.0. The van der Waals surface area contributed by atoms with E-state index < -0.39 is 47.9 Å². The zero-order chi connectivity index (χ0) is 24.8. The molecule has 0 saturated carbocycles. The van der Waals surface area contributed by atoms with Crippen LogP contribution in [0.3, 0.4) is 0 Å². The zero-order valence-corrected chi connectivity index (χ0v) is 20.7. The van der Waals surface area contributed by atoms with Gasteiger partial charge in [0.2, 0.25) is 17.7 Å². The Hall–Kier alpha value is -1.85. The van der Waals surface area contributed by atoms with E-state index in [-0.39, 0.29) is 11.8 Å². The molecule has 0 saturated heterocycles. The first kappa shape index (κ1) is 30.1. The summed E-state index contributed by atoms with van der Waals surface area (Å²) in [4.78, 5) is 49.7. The highest BCUT2D eigenvalue weighted by Gasteiger charge is 2.31. The molecule has 0 aromatic rings. The molecule has 4 atom stereocenters. The van der Waals surface area contributed by atoms with Gasteiger partial charge in [0, 0.05) is 0 Å². The van der Waals surface area contributed by atoms with Gasteiger partial charge in [-0.15, -0.1) is 0 Å². The lowest BCUT2D eigenvalue weighted by Crippen LogP contribution is -2.58. The maximum absolute atomic E-state index is 13.0. The monoisotopic (exact) mass is 475 g/mol. The fourth-order valence-electron chi connectivity index (χ4n) is 2.88. The van der Waals surface area contributed by atoms with Gasteiger partial charge in [-0.05, 0) is 56.1 Å². The summed E-state index contributed by atoms with van der Waals surface area (Å²) in [6.07, 6.45) is 3.78. The summed E-state index contributed by atoms with van der Waals surface area (Å²) in [6.45, 7) is 7.44. The molecule has 0 fully saturated rings. The smallest absolute Gasteiger partial charge is 0.326 e. The molecule has 0 aromatic heterocycles. The topological polar surface area (TPSA) is 177 Å². The Morgan fingerprint density at radius 2 is 1.38 bits per heavy atom. The number of hydrogen-bond acceptors (Lipinski definition) is 7. The van der Waals surface area contributed by atoms with E-state index in [1.54, 1.807) is 13.8 Å². The molecular weight excluding hydrogens is 434 g/mol. The first-order valence-electron chi connectivity index (χ1n) is 11.0. The molecule has 0 rings (SSSR count). The molecule has 0 bridgehead atoms. The van der Waals surface area contributed by atoms with E-state index in [9.17, 15) is 24.3 Å². The number of carbonyl (C=O) groups is 4. The average Bonchev–Trinajstić information content (AvgIpc) is 2.72. The Morgan fingerprint density at radius 3 is 1.84 bits per heavy atom. The number of rotatable bonds is 16. The molecule has 3 amide bonds. The normalized spacial score (nSPS) is 15.0. The number of unbranched alkanes of at least 4 members (excludes halogenated alkanes) is 1. The predicted molar refractivity (Wildman–Crippen MR) is 127 cm³/mol. The minimum absolute atomic E-state index is 0.0990. The van der Waals surface area contributed by atoms with Gasteiger partial charge < -0.3 is 32.5 Å². The Bertz CT molecular complexity index is 617. The van der Waals surface area contributed by atoms with Gasteiger partial charge in [-0.2, -0.15) is 11.8 Å². The van der Waals surface area contributed by atoms with Crippen LogP contribution in [0.1, 0.15) is 53.4 Å². The van der Waals surface area contributed by atoms with Crippen LogP contribution in [0.25, 0.3) is 0 Å². The van der Waals surface area contributed by atoms with Crippen molar-refractivity contribution in [1.29, 1.82) is 0 Å². The summed E-state index contributed by atoms with van der Waals surface area (Å²) in [5.41, 5.74) is 11.4. The Kier molecular flexibility index (Phi) is 15.0. The van der Waals surface area contributed by atoms with Gasteiger partial charge in [-0.1, -0.05) is 27.7 Å². The van der Waals surface area contributed by atoms with Crippen molar-refractivity contribution in [2.45, 2.75) is 77.5 Å². The number of thioether (sulfide) groups is 1. The van der Waals surface area contributed by atoms with Crippen molar-refractivity contribution >= 4 is 35.5 Å². The first-order valence-corrected chi connectivity index (χ1v) is 12.4. The molecule has 186 valence electrons. The molecule has 10 nitrogen and oxygen atoms in total. The predicted octanol–water partition coefficient (Wildman–Crippen LogP) is 0.0468. The molecule has 0 aliphatic carbocycles. The third-order valence-electron chi connectivity index (χ3n) is 5.07. The van der Waals surface area contributed by atoms with E-state index in [2.05, 4.69) is 16.0 Å². The summed E-state index contributed by atoms with van der Waals surface area (Å²) in [7, 11) is 0. The molecule has 11 heteroatoms. The standard InChI is InChI=1S/C21H41N5O5S/c1-12(2)16(23)20(29)25-15(9-11-32-5)18(27)24-14(8-6-7-10-22)19(28)26-17(13(3)4)21(30)31/h12-17H,6-11,22-23H2,1-5H3,(H,24,27)(H,25,29)(H,26,28)(H,30,31). The van der Waals surface area contributed by atoms with Crippen LogP contribution in [0.4, 0.5) is 0 Å². The van der Waals surface area contributed by atoms with Gasteiger partial charge in [0.25, 0.3) is 0 Å². The Morgan fingerprint density at radius 1 is 0.844 bits per heavy atom. The number of carbonyl (C=O) groups excluding carboxylic acids is 3. The van der Waals surface area contributed by atoms with E-state index >= 15 is 0 Å². The number of aliphatic carboxylic acids is 1. The minimum Gasteiger partial charge on any atom is -0.480 e. The second-order valence-corrected chi connectivity index (χ2v) is 9.51. The maximum atomic E-state index is 13.0. The van der Waals surface area contributed by atoms with Crippen molar-refractivity contribution in [3.8, 4) is 0 Å². The van der Waals surface area contributed by atoms with Crippen LogP contribution >= 0.6 is 11.8 Å². The minimum atomic E-state index is -1.15. The molecule has 8 N–H and O–H groups in total. The van der Waals surface area contributed by atoms with E-state index in [0.717, 1.165) is 0 Å². The molecule has 0 spiro atoms. The SMILES string of the molecule is CSCCC(NC(=O)C(N)C(C)C)C(=O)NC(CCCCN)C(=O)NC(C(=O)O)C(C)C. The van der Waals surface area contributed by atoms with Crippen molar-refractivity contribution in [3.63, 3.8) is 0 Å². The van der Waals surface area contributed by atoms with Crippen LogP contribution in [-0.4, -0.2) is 71.5 Å². The van der Waals surface area contributed by atoms with E-state index in [1.807, 2.05) is 20.1 Å². The van der Waals surface area contributed by atoms with Gasteiger partial charge in [0.05, 0.1) is 6.04 Å². The van der Waals surface area contributed by atoms with Crippen molar-refractivity contribution in [3.05, 3.63) is 0 Å². The van der Waals surface area contributed by atoms with Crippen molar-refractivity contribution in [2.75, 3.05) is 18.6 Å². The Labute approximate surface area is 195 Å². The average molecular weight is 476 g/mol. The quantitative estimate of drug-likeness (QED) is 0.170.